The largest absolute Gasteiger partial charge is 0.481 e. The number of carboxylic acids is 1. The van der Waals surface area contributed by atoms with Gasteiger partial charge in [-0.3, -0.25) is 14.9 Å². The SMILES string of the molecule is CC(C)(C)OC(=O)NC(CCC(=O)O)c1cccc([N+](=O)[O-])c1. The van der Waals surface area contributed by atoms with Crippen LogP contribution in [0.5, 0.6) is 0 Å². The molecule has 0 bridgehead atoms. The molecule has 1 rings (SSSR count). The second-order valence-corrected chi connectivity index (χ2v) is 5.98. The smallest absolute Gasteiger partial charge is 0.408 e. The molecule has 126 valence electrons. The average Bonchev–Trinajstić information content (AvgIpc) is 2.41. The lowest BCUT2D eigenvalue weighted by atomic mass is 10.0. The van der Waals surface area contributed by atoms with Crippen LogP contribution in [-0.4, -0.2) is 27.7 Å². The van der Waals surface area contributed by atoms with Gasteiger partial charge in [0.15, 0.2) is 0 Å². The summed E-state index contributed by atoms with van der Waals surface area (Å²) >= 11 is 0. The molecule has 1 aromatic carbocycles. The van der Waals surface area contributed by atoms with Crippen LogP contribution in [0, 0.1) is 10.1 Å². The molecule has 0 aromatic heterocycles. The van der Waals surface area contributed by atoms with E-state index in [9.17, 15) is 19.7 Å². The Balaban J connectivity index is 2.95. The monoisotopic (exact) mass is 324 g/mol. The molecule has 0 saturated heterocycles. The van der Waals surface area contributed by atoms with Crippen molar-refractivity contribution in [1.82, 2.24) is 5.32 Å². The Morgan fingerprint density at radius 1 is 1.39 bits per heavy atom. The first-order valence-electron chi connectivity index (χ1n) is 7.04. The summed E-state index contributed by atoms with van der Waals surface area (Å²) in [7, 11) is 0. The number of amides is 1. The summed E-state index contributed by atoms with van der Waals surface area (Å²) in [5, 5.41) is 22.2. The number of carboxylic acid groups (broad SMARTS) is 1. The van der Waals surface area contributed by atoms with Gasteiger partial charge in [0.25, 0.3) is 5.69 Å². The van der Waals surface area contributed by atoms with Crippen LogP contribution in [0.3, 0.4) is 0 Å². The van der Waals surface area contributed by atoms with E-state index in [1.165, 1.54) is 18.2 Å². The highest BCUT2D eigenvalue weighted by atomic mass is 16.6. The van der Waals surface area contributed by atoms with Gasteiger partial charge in [-0.2, -0.15) is 0 Å². The third-order valence-electron chi connectivity index (χ3n) is 2.82. The minimum Gasteiger partial charge on any atom is -0.481 e. The van der Waals surface area contributed by atoms with Gasteiger partial charge in [0.2, 0.25) is 0 Å². The Labute approximate surface area is 133 Å². The second kappa shape index (κ2) is 7.57. The molecule has 0 radical (unpaired) electrons. The Kier molecular flexibility index (Phi) is 6.06. The molecule has 1 aromatic rings. The van der Waals surface area contributed by atoms with Gasteiger partial charge in [0.05, 0.1) is 11.0 Å². The summed E-state index contributed by atoms with van der Waals surface area (Å²) in [6.45, 7) is 5.10. The fourth-order valence-corrected chi connectivity index (χ4v) is 1.89. The minimum atomic E-state index is -1.02. The van der Waals surface area contributed by atoms with E-state index in [1.54, 1.807) is 26.8 Å². The van der Waals surface area contributed by atoms with Crippen LogP contribution in [0.1, 0.15) is 45.2 Å². The summed E-state index contributed by atoms with van der Waals surface area (Å²) in [5.41, 5.74) is -0.385. The topological polar surface area (TPSA) is 119 Å². The number of carbonyl (C=O) groups excluding carboxylic acids is 1. The molecular weight excluding hydrogens is 304 g/mol. The number of ether oxygens (including phenoxy) is 1. The van der Waals surface area contributed by atoms with Gasteiger partial charge < -0.3 is 15.2 Å². The molecular formula is C15H20N2O6. The van der Waals surface area contributed by atoms with E-state index in [2.05, 4.69) is 5.32 Å². The van der Waals surface area contributed by atoms with Crippen LogP contribution in [0.2, 0.25) is 0 Å². The number of benzene rings is 1. The van der Waals surface area contributed by atoms with Gasteiger partial charge in [-0.15, -0.1) is 0 Å². The highest BCUT2D eigenvalue weighted by Crippen LogP contribution is 2.23. The number of aliphatic carboxylic acids is 1. The average molecular weight is 324 g/mol. The van der Waals surface area contributed by atoms with E-state index in [0.29, 0.717) is 5.56 Å². The maximum atomic E-state index is 11.9. The van der Waals surface area contributed by atoms with Gasteiger partial charge in [-0.1, -0.05) is 12.1 Å². The van der Waals surface area contributed by atoms with Crippen LogP contribution >= 0.6 is 0 Å². The lowest BCUT2D eigenvalue weighted by Gasteiger charge is -2.23. The summed E-state index contributed by atoms with van der Waals surface area (Å²) in [6.07, 6.45) is -0.807. The van der Waals surface area contributed by atoms with E-state index in [0.717, 1.165) is 0 Å². The molecule has 0 aliphatic heterocycles. The zero-order chi connectivity index (χ0) is 17.6. The number of carbonyl (C=O) groups is 2. The zero-order valence-electron chi connectivity index (χ0n) is 13.2. The molecule has 0 aliphatic carbocycles. The van der Waals surface area contributed by atoms with Crippen LogP contribution in [0.4, 0.5) is 10.5 Å². The van der Waals surface area contributed by atoms with E-state index in [-0.39, 0.29) is 18.5 Å². The third kappa shape index (κ3) is 6.77. The lowest BCUT2D eigenvalue weighted by Crippen LogP contribution is -2.35. The van der Waals surface area contributed by atoms with Crippen molar-refractivity contribution in [2.24, 2.45) is 0 Å². The molecule has 0 saturated carbocycles. The van der Waals surface area contributed by atoms with Crippen LogP contribution in [0.15, 0.2) is 24.3 Å². The lowest BCUT2D eigenvalue weighted by molar-refractivity contribution is -0.384. The Hall–Kier alpha value is -2.64. The molecule has 8 heteroatoms. The van der Waals surface area contributed by atoms with Gasteiger partial charge >= 0.3 is 12.1 Å². The maximum Gasteiger partial charge on any atom is 0.408 e. The molecule has 0 spiro atoms. The molecule has 8 nitrogen and oxygen atoms in total. The zero-order valence-corrected chi connectivity index (χ0v) is 13.2. The first-order chi connectivity index (χ1) is 10.6. The van der Waals surface area contributed by atoms with Gasteiger partial charge in [0, 0.05) is 18.6 Å². The number of nitro benzene ring substituents is 1. The molecule has 1 unspecified atom stereocenters. The molecule has 1 amide bonds. The molecule has 0 fully saturated rings. The minimum absolute atomic E-state index is 0.0930. The summed E-state index contributed by atoms with van der Waals surface area (Å²) in [4.78, 5) is 33.0. The van der Waals surface area contributed by atoms with E-state index in [4.69, 9.17) is 9.84 Å². The van der Waals surface area contributed by atoms with Crippen molar-refractivity contribution in [3.63, 3.8) is 0 Å². The van der Waals surface area contributed by atoms with Gasteiger partial charge in [-0.05, 0) is 32.8 Å². The summed E-state index contributed by atoms with van der Waals surface area (Å²) in [5.74, 6) is -1.02. The molecule has 2 N–H and O–H groups in total. The van der Waals surface area contributed by atoms with Crippen molar-refractivity contribution < 1.29 is 24.4 Å². The molecule has 0 aliphatic rings. The van der Waals surface area contributed by atoms with Crippen LogP contribution < -0.4 is 5.32 Å². The Morgan fingerprint density at radius 3 is 2.57 bits per heavy atom. The number of non-ortho nitro benzene ring substituents is 1. The summed E-state index contributed by atoms with van der Waals surface area (Å²) < 4.78 is 5.14. The van der Waals surface area contributed by atoms with Crippen LogP contribution in [-0.2, 0) is 9.53 Å². The number of nitrogens with zero attached hydrogens (tertiary/aromatic N) is 1. The quantitative estimate of drug-likeness (QED) is 0.613. The van der Waals surface area contributed by atoms with Gasteiger partial charge in [-0.25, -0.2) is 4.79 Å². The highest BCUT2D eigenvalue weighted by Gasteiger charge is 2.22. The number of nitro groups is 1. The predicted molar refractivity (Wildman–Crippen MR) is 82.1 cm³/mol. The number of nitrogens with one attached hydrogen (secondary N) is 1. The predicted octanol–water partition coefficient (Wildman–Crippen LogP) is 3.03. The number of rotatable bonds is 6. The van der Waals surface area contributed by atoms with Crippen molar-refractivity contribution >= 4 is 17.7 Å². The third-order valence-corrected chi connectivity index (χ3v) is 2.82. The highest BCUT2D eigenvalue weighted by molar-refractivity contribution is 5.69. The van der Waals surface area contributed by atoms with Crippen molar-refractivity contribution in [1.29, 1.82) is 0 Å². The maximum absolute atomic E-state index is 11.9. The molecule has 23 heavy (non-hydrogen) atoms. The van der Waals surface area contributed by atoms with E-state index >= 15 is 0 Å². The van der Waals surface area contributed by atoms with Crippen molar-refractivity contribution in [3.05, 3.63) is 39.9 Å². The Bertz CT molecular complexity index is 594. The first-order valence-corrected chi connectivity index (χ1v) is 7.04. The standard InChI is InChI=1S/C15H20N2O6/c1-15(2,3)23-14(20)16-12(7-8-13(18)19)10-5-4-6-11(9-10)17(21)22/h4-6,9,12H,7-8H2,1-3H3,(H,16,20)(H,18,19). The van der Waals surface area contributed by atoms with Crippen molar-refractivity contribution in [2.45, 2.75) is 45.3 Å². The van der Waals surface area contributed by atoms with Gasteiger partial charge in [0.1, 0.15) is 5.60 Å². The van der Waals surface area contributed by atoms with E-state index < -0.39 is 28.6 Å². The fourth-order valence-electron chi connectivity index (χ4n) is 1.89. The van der Waals surface area contributed by atoms with Crippen molar-refractivity contribution in [3.8, 4) is 0 Å². The number of hydrogen-bond acceptors (Lipinski definition) is 5. The Morgan fingerprint density at radius 2 is 2.04 bits per heavy atom. The normalized spacial score (nSPS) is 12.3. The molecule has 1 atom stereocenters. The number of alkyl carbamates (subject to hydrolysis) is 1. The first kappa shape index (κ1) is 18.4. The fraction of sp³-hybridized carbons (Fsp3) is 0.467. The second-order valence-electron chi connectivity index (χ2n) is 5.98. The van der Waals surface area contributed by atoms with E-state index in [1.807, 2.05) is 0 Å². The summed E-state index contributed by atoms with van der Waals surface area (Å²) in [6, 6.07) is 5.02. The number of hydrogen-bond donors (Lipinski definition) is 2. The molecule has 0 heterocycles. The van der Waals surface area contributed by atoms with Crippen molar-refractivity contribution in [2.75, 3.05) is 0 Å². The van der Waals surface area contributed by atoms with Crippen LogP contribution in [0.25, 0.3) is 0 Å².